The molecular formula is C22H15FN2OS. The van der Waals surface area contributed by atoms with Crippen LogP contribution in [0.2, 0.25) is 0 Å². The first-order chi connectivity index (χ1) is 13.2. The van der Waals surface area contributed by atoms with Crippen molar-refractivity contribution in [2.24, 2.45) is 0 Å². The molecule has 0 radical (unpaired) electrons. The van der Waals surface area contributed by atoms with Gasteiger partial charge in [-0.15, -0.1) is 10.2 Å². The molecule has 0 aliphatic rings. The molecule has 1 heterocycles. The van der Waals surface area contributed by atoms with E-state index in [1.807, 2.05) is 54.6 Å². The van der Waals surface area contributed by atoms with E-state index in [2.05, 4.69) is 10.2 Å². The van der Waals surface area contributed by atoms with Gasteiger partial charge in [-0.3, -0.25) is 4.79 Å². The van der Waals surface area contributed by atoms with Gasteiger partial charge in [-0.2, -0.15) is 0 Å². The molecule has 0 spiro atoms. The first-order valence-corrected chi connectivity index (χ1v) is 9.44. The van der Waals surface area contributed by atoms with Crippen LogP contribution in [0, 0.1) is 5.82 Å². The van der Waals surface area contributed by atoms with Crippen LogP contribution in [0.25, 0.3) is 22.0 Å². The van der Waals surface area contributed by atoms with Crippen molar-refractivity contribution in [1.29, 1.82) is 0 Å². The molecule has 0 saturated heterocycles. The second-order valence-electron chi connectivity index (χ2n) is 5.96. The Labute approximate surface area is 160 Å². The van der Waals surface area contributed by atoms with Crippen molar-refractivity contribution >= 4 is 28.3 Å². The summed E-state index contributed by atoms with van der Waals surface area (Å²) in [6.07, 6.45) is 0. The Morgan fingerprint density at radius 3 is 2.26 bits per heavy atom. The summed E-state index contributed by atoms with van der Waals surface area (Å²) in [6.45, 7) is 0. The highest BCUT2D eigenvalue weighted by atomic mass is 32.2. The number of nitrogens with zero attached hydrogens (tertiary/aromatic N) is 2. The van der Waals surface area contributed by atoms with Crippen molar-refractivity contribution in [3.63, 3.8) is 0 Å². The fourth-order valence-corrected chi connectivity index (χ4v) is 3.75. The summed E-state index contributed by atoms with van der Waals surface area (Å²) in [5.74, 6) is -0.667. The zero-order valence-corrected chi connectivity index (χ0v) is 15.1. The van der Waals surface area contributed by atoms with E-state index in [1.54, 1.807) is 12.1 Å². The van der Waals surface area contributed by atoms with Crippen molar-refractivity contribution in [2.45, 2.75) is 5.03 Å². The van der Waals surface area contributed by atoms with E-state index in [-0.39, 0.29) is 17.1 Å². The molecule has 0 unspecified atom stereocenters. The molecule has 132 valence electrons. The lowest BCUT2D eigenvalue weighted by molar-refractivity contribution is 0.101. The quantitative estimate of drug-likeness (QED) is 0.346. The molecule has 0 saturated carbocycles. The summed E-state index contributed by atoms with van der Waals surface area (Å²) >= 11 is 1.28. The van der Waals surface area contributed by atoms with Crippen molar-refractivity contribution in [1.82, 2.24) is 10.2 Å². The van der Waals surface area contributed by atoms with Gasteiger partial charge in [0.15, 0.2) is 5.78 Å². The molecule has 4 aromatic rings. The largest absolute Gasteiger partial charge is 0.293 e. The molecule has 0 aliphatic carbocycles. The van der Waals surface area contributed by atoms with Crippen molar-refractivity contribution < 1.29 is 9.18 Å². The minimum absolute atomic E-state index is 0.100. The maximum absolute atomic E-state index is 13.8. The average Bonchev–Trinajstić information content (AvgIpc) is 2.72. The van der Waals surface area contributed by atoms with Crippen molar-refractivity contribution in [2.75, 3.05) is 5.75 Å². The predicted octanol–water partition coefficient (Wildman–Crippen LogP) is 5.41. The van der Waals surface area contributed by atoms with Gasteiger partial charge in [0.05, 0.1) is 11.3 Å². The van der Waals surface area contributed by atoms with Crippen LogP contribution < -0.4 is 0 Å². The third-order valence-corrected chi connectivity index (χ3v) is 5.20. The summed E-state index contributed by atoms with van der Waals surface area (Å²) in [5, 5.41) is 11.3. The number of halogens is 1. The number of hydrogen-bond donors (Lipinski definition) is 0. The lowest BCUT2D eigenvalue weighted by Gasteiger charge is -2.09. The maximum Gasteiger partial charge on any atom is 0.176 e. The fourth-order valence-electron chi connectivity index (χ4n) is 2.89. The van der Waals surface area contributed by atoms with E-state index < -0.39 is 5.82 Å². The standard InChI is InChI=1S/C22H15FN2OS/c23-19-13-7-6-12-18(19)20(26)14-27-22-17-11-5-4-10-16(17)21(24-25-22)15-8-2-1-3-9-15/h1-13H,14H2. The zero-order chi connectivity index (χ0) is 18.6. The van der Waals surface area contributed by atoms with Crippen LogP contribution in [-0.4, -0.2) is 21.7 Å². The molecule has 4 rings (SSSR count). The zero-order valence-electron chi connectivity index (χ0n) is 14.3. The molecule has 0 N–H and O–H groups in total. The predicted molar refractivity (Wildman–Crippen MR) is 106 cm³/mol. The molecule has 27 heavy (non-hydrogen) atoms. The second kappa shape index (κ2) is 7.68. The number of hydrogen-bond acceptors (Lipinski definition) is 4. The van der Waals surface area contributed by atoms with Gasteiger partial charge in [0, 0.05) is 16.3 Å². The van der Waals surface area contributed by atoms with E-state index in [1.165, 1.54) is 23.9 Å². The van der Waals surface area contributed by atoms with Gasteiger partial charge in [-0.05, 0) is 12.1 Å². The Hall–Kier alpha value is -3.05. The first kappa shape index (κ1) is 17.4. The van der Waals surface area contributed by atoms with Gasteiger partial charge in [-0.1, -0.05) is 78.5 Å². The second-order valence-corrected chi connectivity index (χ2v) is 6.92. The first-order valence-electron chi connectivity index (χ1n) is 8.45. The summed E-state index contributed by atoms with van der Waals surface area (Å²) < 4.78 is 13.8. The summed E-state index contributed by atoms with van der Waals surface area (Å²) in [5.41, 5.74) is 1.89. The molecule has 1 aromatic heterocycles. The van der Waals surface area contributed by atoms with Crippen LogP contribution in [0.3, 0.4) is 0 Å². The van der Waals surface area contributed by atoms with Gasteiger partial charge in [0.25, 0.3) is 0 Å². The highest BCUT2D eigenvalue weighted by Crippen LogP contribution is 2.31. The molecular weight excluding hydrogens is 359 g/mol. The minimum atomic E-state index is -0.501. The van der Waals surface area contributed by atoms with Gasteiger partial charge < -0.3 is 0 Å². The summed E-state index contributed by atoms with van der Waals surface area (Å²) in [6, 6.07) is 23.7. The van der Waals surface area contributed by atoms with E-state index in [4.69, 9.17) is 0 Å². The number of thioether (sulfide) groups is 1. The fraction of sp³-hybridized carbons (Fsp3) is 0.0455. The molecule has 3 aromatic carbocycles. The van der Waals surface area contributed by atoms with Crippen LogP contribution in [0.5, 0.6) is 0 Å². The molecule has 3 nitrogen and oxygen atoms in total. The lowest BCUT2D eigenvalue weighted by atomic mass is 10.1. The summed E-state index contributed by atoms with van der Waals surface area (Å²) in [4.78, 5) is 12.4. The van der Waals surface area contributed by atoms with Gasteiger partial charge >= 0.3 is 0 Å². The number of fused-ring (bicyclic) bond motifs is 1. The van der Waals surface area contributed by atoms with Crippen molar-refractivity contribution in [3.8, 4) is 11.3 Å². The van der Waals surface area contributed by atoms with Crippen molar-refractivity contribution in [3.05, 3.63) is 90.2 Å². The molecule has 0 fully saturated rings. The highest BCUT2D eigenvalue weighted by molar-refractivity contribution is 8.00. The van der Waals surface area contributed by atoms with E-state index >= 15 is 0 Å². The Kier molecular flexibility index (Phi) is 4.94. The monoisotopic (exact) mass is 374 g/mol. The number of carbonyl (C=O) groups excluding carboxylic acids is 1. The number of ketones is 1. The molecule has 5 heteroatoms. The minimum Gasteiger partial charge on any atom is -0.293 e. The van der Waals surface area contributed by atoms with Crippen LogP contribution in [0.4, 0.5) is 4.39 Å². The highest BCUT2D eigenvalue weighted by Gasteiger charge is 2.15. The van der Waals surface area contributed by atoms with Crippen LogP contribution in [0.1, 0.15) is 10.4 Å². The Morgan fingerprint density at radius 2 is 1.48 bits per heavy atom. The smallest absolute Gasteiger partial charge is 0.176 e. The van der Waals surface area contributed by atoms with E-state index in [0.29, 0.717) is 5.03 Å². The topological polar surface area (TPSA) is 42.9 Å². The number of carbonyl (C=O) groups is 1. The maximum atomic E-state index is 13.8. The third kappa shape index (κ3) is 3.59. The summed E-state index contributed by atoms with van der Waals surface area (Å²) in [7, 11) is 0. The number of Topliss-reactive ketones (excluding diaryl/α,β-unsaturated/α-hetero) is 1. The molecule has 0 amide bonds. The van der Waals surface area contributed by atoms with E-state index in [9.17, 15) is 9.18 Å². The number of benzene rings is 3. The Morgan fingerprint density at radius 1 is 0.815 bits per heavy atom. The third-order valence-electron chi connectivity index (χ3n) is 4.21. The van der Waals surface area contributed by atoms with Gasteiger partial charge in [-0.25, -0.2) is 4.39 Å². The van der Waals surface area contributed by atoms with E-state index in [0.717, 1.165) is 22.0 Å². The normalized spacial score (nSPS) is 10.9. The average molecular weight is 374 g/mol. The molecule has 0 atom stereocenters. The molecule has 0 bridgehead atoms. The Bertz CT molecular complexity index is 1120. The van der Waals surface area contributed by atoms with Gasteiger partial charge in [0.2, 0.25) is 0 Å². The number of aromatic nitrogens is 2. The lowest BCUT2D eigenvalue weighted by Crippen LogP contribution is -2.05. The van der Waals surface area contributed by atoms with Gasteiger partial charge in [0.1, 0.15) is 16.5 Å². The number of rotatable bonds is 5. The Balaban J connectivity index is 1.66. The SMILES string of the molecule is O=C(CSc1nnc(-c2ccccc2)c2ccccc12)c1ccccc1F. The van der Waals surface area contributed by atoms with Crippen LogP contribution in [-0.2, 0) is 0 Å². The van der Waals surface area contributed by atoms with Crippen LogP contribution >= 0.6 is 11.8 Å². The van der Waals surface area contributed by atoms with Crippen LogP contribution in [0.15, 0.2) is 83.9 Å². The molecule has 0 aliphatic heterocycles.